The summed E-state index contributed by atoms with van der Waals surface area (Å²) >= 11 is 2.15. The van der Waals surface area contributed by atoms with E-state index in [2.05, 4.69) is 27.6 Å². The second-order valence-corrected chi connectivity index (χ2v) is 6.45. The molecular formula is C18H15IN2O3. The Morgan fingerprint density at radius 2 is 1.96 bits per heavy atom. The Morgan fingerprint density at radius 3 is 2.71 bits per heavy atom. The number of aliphatic hydroxyl groups is 1. The summed E-state index contributed by atoms with van der Waals surface area (Å²) in [6.45, 7) is 0.00212. The molecule has 3 rings (SSSR count). The highest BCUT2D eigenvalue weighted by Crippen LogP contribution is 2.19. The molecule has 0 atom stereocenters. The molecule has 0 fully saturated rings. The Labute approximate surface area is 152 Å². The van der Waals surface area contributed by atoms with Crippen LogP contribution in [-0.4, -0.2) is 26.4 Å². The van der Waals surface area contributed by atoms with Gasteiger partial charge in [0.05, 0.1) is 24.1 Å². The number of halogens is 1. The van der Waals surface area contributed by atoms with E-state index in [9.17, 15) is 15.0 Å². The average molecular weight is 434 g/mol. The van der Waals surface area contributed by atoms with Gasteiger partial charge in [0.25, 0.3) is 5.56 Å². The quantitative estimate of drug-likeness (QED) is 0.620. The van der Waals surface area contributed by atoms with Crippen LogP contribution in [0.1, 0.15) is 11.4 Å². The molecule has 1 aromatic heterocycles. The maximum absolute atomic E-state index is 12.7. The number of aromatic nitrogens is 2. The van der Waals surface area contributed by atoms with Crippen LogP contribution < -0.4 is 5.56 Å². The van der Waals surface area contributed by atoms with Crippen LogP contribution in [0.15, 0.2) is 47.3 Å². The number of nitrogens with zero attached hydrogens (tertiary/aromatic N) is 2. The molecule has 0 aliphatic heterocycles. The second kappa shape index (κ2) is 7.14. The fourth-order valence-corrected chi connectivity index (χ4v) is 2.94. The summed E-state index contributed by atoms with van der Waals surface area (Å²) < 4.78 is 2.39. The first-order valence-electron chi connectivity index (χ1n) is 7.37. The highest BCUT2D eigenvalue weighted by atomic mass is 127. The molecule has 0 saturated heterocycles. The summed E-state index contributed by atoms with van der Waals surface area (Å²) in [5, 5.41) is 19.6. The Kier molecular flexibility index (Phi) is 4.96. The molecule has 5 nitrogen and oxygen atoms in total. The van der Waals surface area contributed by atoms with Crippen LogP contribution in [0.3, 0.4) is 0 Å². The van der Waals surface area contributed by atoms with Crippen LogP contribution in [0.2, 0.25) is 0 Å². The lowest BCUT2D eigenvalue weighted by Gasteiger charge is -2.10. The van der Waals surface area contributed by atoms with Gasteiger partial charge >= 0.3 is 0 Å². The van der Waals surface area contributed by atoms with Crippen molar-refractivity contribution in [3.63, 3.8) is 0 Å². The molecule has 3 aromatic rings. The van der Waals surface area contributed by atoms with Crippen molar-refractivity contribution in [3.8, 4) is 5.75 Å². The fourth-order valence-electron chi connectivity index (χ4n) is 2.45. The van der Waals surface area contributed by atoms with E-state index in [0.717, 1.165) is 3.57 Å². The minimum absolute atomic E-state index is 0.153. The summed E-state index contributed by atoms with van der Waals surface area (Å²) in [5.41, 5.74) is 1.04. The van der Waals surface area contributed by atoms with Gasteiger partial charge in [-0.15, -0.1) is 0 Å². The van der Waals surface area contributed by atoms with E-state index in [1.54, 1.807) is 42.5 Å². The van der Waals surface area contributed by atoms with E-state index in [-0.39, 0.29) is 24.5 Å². The Hall–Kier alpha value is -2.19. The Morgan fingerprint density at radius 1 is 1.17 bits per heavy atom. The maximum Gasteiger partial charge on any atom is 0.261 e. The molecule has 0 aliphatic carbocycles. The molecule has 24 heavy (non-hydrogen) atoms. The molecule has 2 N–H and O–H groups in total. The lowest BCUT2D eigenvalue weighted by atomic mass is 10.2. The number of hydrogen-bond donors (Lipinski definition) is 2. The monoisotopic (exact) mass is 434 g/mol. The van der Waals surface area contributed by atoms with Crippen LogP contribution in [-0.2, 0) is 6.54 Å². The summed E-state index contributed by atoms with van der Waals surface area (Å²) in [6, 6.07) is 12.4. The van der Waals surface area contributed by atoms with Crippen LogP contribution >= 0.6 is 22.6 Å². The van der Waals surface area contributed by atoms with Crippen molar-refractivity contribution < 1.29 is 10.2 Å². The summed E-state index contributed by atoms with van der Waals surface area (Å²) in [7, 11) is 0. The molecule has 0 aliphatic rings. The minimum atomic E-state index is -0.190. The molecule has 0 unspecified atom stereocenters. The number of phenolic OH excluding ortho intramolecular Hbond substituents is 1. The van der Waals surface area contributed by atoms with Gasteiger partial charge in [-0.2, -0.15) is 0 Å². The van der Waals surface area contributed by atoms with Gasteiger partial charge in [0.2, 0.25) is 0 Å². The van der Waals surface area contributed by atoms with Gasteiger partial charge in [-0.05, 0) is 59.0 Å². The summed E-state index contributed by atoms with van der Waals surface area (Å²) in [5.74, 6) is 0.589. The topological polar surface area (TPSA) is 75.3 Å². The van der Waals surface area contributed by atoms with E-state index >= 15 is 0 Å². The minimum Gasteiger partial charge on any atom is -0.507 e. The first-order chi connectivity index (χ1) is 11.6. The molecular weight excluding hydrogens is 419 g/mol. The predicted molar refractivity (Wildman–Crippen MR) is 103 cm³/mol. The Bertz CT molecular complexity index is 980. The van der Waals surface area contributed by atoms with Crippen molar-refractivity contribution in [2.75, 3.05) is 6.61 Å². The lowest BCUT2D eigenvalue weighted by molar-refractivity contribution is 0.273. The first-order valence-corrected chi connectivity index (χ1v) is 8.45. The van der Waals surface area contributed by atoms with Crippen molar-refractivity contribution in [2.45, 2.75) is 6.54 Å². The van der Waals surface area contributed by atoms with E-state index in [1.165, 1.54) is 4.57 Å². The largest absolute Gasteiger partial charge is 0.507 e. The molecule has 0 spiro atoms. The standard InChI is InChI=1S/C18H15IN2O3/c19-13-6-7-15-14(11-13)18(24)21(9-10-22)17(20-15)8-5-12-3-1-2-4-16(12)23/h1-8,11,22-23H,9-10H2. The fraction of sp³-hybridized carbons (Fsp3) is 0.111. The molecule has 1 heterocycles. The van der Waals surface area contributed by atoms with E-state index in [1.807, 2.05) is 12.1 Å². The summed E-state index contributed by atoms with van der Waals surface area (Å²) in [4.78, 5) is 17.2. The molecule has 122 valence electrons. The molecule has 0 radical (unpaired) electrons. The van der Waals surface area contributed by atoms with Crippen LogP contribution in [0, 0.1) is 3.57 Å². The third-order valence-electron chi connectivity index (χ3n) is 3.62. The SMILES string of the molecule is O=c1c2cc(I)ccc2nc(C=Cc2ccccc2O)n1CCO. The lowest BCUT2D eigenvalue weighted by Crippen LogP contribution is -2.25. The molecule has 0 amide bonds. The first kappa shape index (κ1) is 16.7. The van der Waals surface area contributed by atoms with E-state index < -0.39 is 0 Å². The molecule has 6 heteroatoms. The number of phenols is 1. The number of rotatable bonds is 4. The number of fused-ring (bicyclic) bond motifs is 1. The van der Waals surface area contributed by atoms with Gasteiger partial charge in [-0.25, -0.2) is 4.98 Å². The Balaban J connectivity index is 2.16. The second-order valence-electron chi connectivity index (χ2n) is 5.20. The van der Waals surface area contributed by atoms with Gasteiger partial charge in [-0.1, -0.05) is 18.2 Å². The predicted octanol–water partition coefficient (Wildman–Crippen LogP) is 2.87. The van der Waals surface area contributed by atoms with Crippen LogP contribution in [0.4, 0.5) is 0 Å². The average Bonchev–Trinajstić information content (AvgIpc) is 2.58. The van der Waals surface area contributed by atoms with Gasteiger partial charge in [0.15, 0.2) is 0 Å². The van der Waals surface area contributed by atoms with Crippen molar-refractivity contribution in [1.29, 1.82) is 0 Å². The van der Waals surface area contributed by atoms with Gasteiger partial charge < -0.3 is 10.2 Å². The zero-order valence-corrected chi connectivity index (χ0v) is 14.8. The van der Waals surface area contributed by atoms with E-state index in [4.69, 9.17) is 0 Å². The van der Waals surface area contributed by atoms with Crippen molar-refractivity contribution >= 4 is 45.6 Å². The van der Waals surface area contributed by atoms with Gasteiger partial charge in [-0.3, -0.25) is 9.36 Å². The zero-order valence-electron chi connectivity index (χ0n) is 12.7. The van der Waals surface area contributed by atoms with Crippen molar-refractivity contribution in [2.24, 2.45) is 0 Å². The van der Waals surface area contributed by atoms with Gasteiger partial charge in [0, 0.05) is 9.13 Å². The zero-order chi connectivity index (χ0) is 17.1. The normalized spacial score (nSPS) is 11.4. The van der Waals surface area contributed by atoms with Gasteiger partial charge in [0.1, 0.15) is 11.6 Å². The highest BCUT2D eigenvalue weighted by molar-refractivity contribution is 14.1. The molecule has 0 bridgehead atoms. The number of aromatic hydroxyl groups is 1. The van der Waals surface area contributed by atoms with Crippen molar-refractivity contribution in [3.05, 3.63) is 67.8 Å². The number of para-hydroxylation sites is 1. The van der Waals surface area contributed by atoms with Crippen LogP contribution in [0.25, 0.3) is 23.1 Å². The van der Waals surface area contributed by atoms with E-state index in [0.29, 0.717) is 22.3 Å². The maximum atomic E-state index is 12.7. The molecule has 0 saturated carbocycles. The number of hydrogen-bond acceptors (Lipinski definition) is 4. The highest BCUT2D eigenvalue weighted by Gasteiger charge is 2.09. The molecule has 2 aromatic carbocycles. The number of benzene rings is 2. The smallest absolute Gasteiger partial charge is 0.261 e. The van der Waals surface area contributed by atoms with Crippen LogP contribution in [0.5, 0.6) is 5.75 Å². The number of aliphatic hydroxyl groups excluding tert-OH is 1. The third-order valence-corrected chi connectivity index (χ3v) is 4.29. The van der Waals surface area contributed by atoms with Crippen molar-refractivity contribution in [1.82, 2.24) is 9.55 Å². The summed E-state index contributed by atoms with van der Waals surface area (Å²) in [6.07, 6.45) is 3.37. The third kappa shape index (κ3) is 3.34.